The van der Waals surface area contributed by atoms with Crippen LogP contribution in [0.25, 0.3) is 0 Å². The number of aliphatic hydroxyl groups excluding tert-OH is 11. The van der Waals surface area contributed by atoms with Crippen molar-refractivity contribution in [2.75, 3.05) is 26.4 Å². The second kappa shape index (κ2) is 20.5. The van der Waals surface area contributed by atoms with Crippen molar-refractivity contribution in [1.82, 2.24) is 0 Å². The van der Waals surface area contributed by atoms with Gasteiger partial charge in [0, 0.05) is 0 Å². The summed E-state index contributed by atoms with van der Waals surface area (Å²) in [7, 11) is 0. The molecule has 3 fully saturated rings. The Bertz CT molecular complexity index is 676. The standard InChI is InChI=1S/C18H32O16.6H2S/c19-1-5-8(23)10(25)12(27)16(30-5)32-14-7(3-21)31-17(13(28)11(14)26)34-18(4-22)15(29)9(24)6(2-20)33-18;;;;;;/h5-17,19-29H,1-4H2;6*1H2/t5?,6-,7-,8?,9?,10?,11-,12-,13?,14?,15+,16+,17?,18?;;;;;;/m1....../s1. The normalized spacial score (nSPS) is 44.3. The molecule has 0 saturated carbocycles. The van der Waals surface area contributed by atoms with E-state index in [1.165, 1.54) is 0 Å². The zero-order chi connectivity index (χ0) is 25.4. The summed E-state index contributed by atoms with van der Waals surface area (Å²) >= 11 is 0. The third-order valence-electron chi connectivity index (χ3n) is 6.18. The van der Waals surface area contributed by atoms with Crippen LogP contribution in [0.4, 0.5) is 0 Å². The quantitative estimate of drug-likeness (QED) is 0.112. The molecule has 3 rings (SSSR count). The van der Waals surface area contributed by atoms with E-state index >= 15 is 0 Å². The summed E-state index contributed by atoms with van der Waals surface area (Å²) in [5, 5.41) is 109. The summed E-state index contributed by atoms with van der Waals surface area (Å²) in [6.07, 6.45) is -22.0. The number of hydrogen-bond donors (Lipinski definition) is 11. The summed E-state index contributed by atoms with van der Waals surface area (Å²) in [6.45, 7) is -3.39. The fourth-order valence-electron chi connectivity index (χ4n) is 4.12. The van der Waals surface area contributed by atoms with Crippen molar-refractivity contribution in [1.29, 1.82) is 0 Å². The third-order valence-corrected chi connectivity index (χ3v) is 6.18. The van der Waals surface area contributed by atoms with E-state index in [-0.39, 0.29) is 81.0 Å². The predicted octanol–water partition coefficient (Wildman–Crippen LogP) is -6.89. The van der Waals surface area contributed by atoms with Crippen molar-refractivity contribution in [3.8, 4) is 0 Å². The van der Waals surface area contributed by atoms with Gasteiger partial charge in [-0.25, -0.2) is 0 Å². The molecule has 0 aromatic heterocycles. The number of hydrogen-bond acceptors (Lipinski definition) is 16. The largest absolute Gasteiger partial charge is 0.394 e. The molecular weight excluding hydrogens is 665 g/mol. The molecule has 3 saturated heterocycles. The summed E-state index contributed by atoms with van der Waals surface area (Å²) in [4.78, 5) is 0. The van der Waals surface area contributed by atoms with E-state index in [4.69, 9.17) is 23.7 Å². The number of aliphatic hydroxyl groups is 11. The molecule has 0 aromatic rings. The Morgan fingerprint density at radius 2 is 1.00 bits per heavy atom. The summed E-state index contributed by atoms with van der Waals surface area (Å²) < 4.78 is 26.6. The molecule has 0 radical (unpaired) electrons. The first kappa shape index (κ1) is 48.4. The highest BCUT2D eigenvalue weighted by atomic mass is 32.1. The first-order chi connectivity index (χ1) is 16.0. The highest BCUT2D eigenvalue weighted by molar-refractivity contribution is 7.60. The van der Waals surface area contributed by atoms with Crippen LogP contribution in [-0.2, 0) is 23.7 Å². The Hall–Kier alpha value is 1.46. The molecule has 0 spiro atoms. The maximum atomic E-state index is 10.6. The second-order valence-electron chi connectivity index (χ2n) is 8.37. The van der Waals surface area contributed by atoms with Crippen molar-refractivity contribution in [3.63, 3.8) is 0 Å². The van der Waals surface area contributed by atoms with E-state index in [1.807, 2.05) is 0 Å². The molecule has 0 aromatic carbocycles. The van der Waals surface area contributed by atoms with Crippen molar-refractivity contribution < 1.29 is 79.9 Å². The van der Waals surface area contributed by atoms with Crippen molar-refractivity contribution >= 4 is 81.0 Å². The number of ether oxygens (including phenoxy) is 5. The monoisotopic (exact) mass is 708 g/mol. The molecule has 0 aliphatic carbocycles. The van der Waals surface area contributed by atoms with Crippen molar-refractivity contribution in [2.24, 2.45) is 0 Å². The SMILES string of the molecule is OCC1O[C@@H](OC2[C@H](O)C(O)C(OC3(CO)O[C@H](CO)C(O)[C@@H]3O)O[C@@H]2CO)[C@H](O)C(O)C1O.S.S.S.S.S.S. The van der Waals surface area contributed by atoms with Gasteiger partial charge in [0.05, 0.1) is 19.8 Å². The van der Waals surface area contributed by atoms with Crippen molar-refractivity contribution in [3.05, 3.63) is 0 Å². The minimum Gasteiger partial charge on any atom is -0.394 e. The fourth-order valence-corrected chi connectivity index (χ4v) is 4.12. The molecule has 40 heavy (non-hydrogen) atoms. The van der Waals surface area contributed by atoms with Crippen LogP contribution in [0.2, 0.25) is 0 Å². The molecule has 0 amide bonds. The molecule has 3 heterocycles. The summed E-state index contributed by atoms with van der Waals surface area (Å²) in [5.74, 6) is -2.36. The van der Waals surface area contributed by atoms with Gasteiger partial charge in [0.15, 0.2) is 12.6 Å². The topological polar surface area (TPSA) is 269 Å². The van der Waals surface area contributed by atoms with Crippen LogP contribution in [0.5, 0.6) is 0 Å². The molecule has 11 N–H and O–H groups in total. The first-order valence-corrected chi connectivity index (χ1v) is 10.6. The highest BCUT2D eigenvalue weighted by Gasteiger charge is 2.59. The Morgan fingerprint density at radius 3 is 1.45 bits per heavy atom. The molecular formula is C18H44O16S6. The van der Waals surface area contributed by atoms with E-state index < -0.39 is 112 Å². The lowest BCUT2D eigenvalue weighted by atomic mass is 9.97. The molecule has 8 unspecified atom stereocenters. The van der Waals surface area contributed by atoms with Gasteiger partial charge in [-0.05, 0) is 0 Å². The summed E-state index contributed by atoms with van der Waals surface area (Å²) in [6, 6.07) is 0. The van der Waals surface area contributed by atoms with Crippen LogP contribution in [0.3, 0.4) is 0 Å². The molecule has 3 aliphatic heterocycles. The zero-order valence-electron chi connectivity index (χ0n) is 20.8. The highest BCUT2D eigenvalue weighted by Crippen LogP contribution is 2.37. The molecule has 3 aliphatic rings. The maximum Gasteiger partial charge on any atom is 0.224 e. The molecule has 248 valence electrons. The fraction of sp³-hybridized carbons (Fsp3) is 1.00. The average Bonchev–Trinajstić information content (AvgIpc) is 3.08. The van der Waals surface area contributed by atoms with Gasteiger partial charge in [-0.1, -0.05) is 0 Å². The van der Waals surface area contributed by atoms with Gasteiger partial charge in [-0.3, -0.25) is 0 Å². The van der Waals surface area contributed by atoms with E-state index in [0.717, 1.165) is 0 Å². The summed E-state index contributed by atoms with van der Waals surface area (Å²) in [5.41, 5.74) is 0. The van der Waals surface area contributed by atoms with Crippen LogP contribution in [0, 0.1) is 0 Å². The van der Waals surface area contributed by atoms with Gasteiger partial charge in [0.1, 0.15) is 73.8 Å². The van der Waals surface area contributed by atoms with Gasteiger partial charge < -0.3 is 79.9 Å². The maximum absolute atomic E-state index is 10.6. The Labute approximate surface area is 271 Å². The Balaban J connectivity index is -0.00000108. The Kier molecular flexibility index (Phi) is 24.8. The van der Waals surface area contributed by atoms with Crippen LogP contribution in [-0.4, -0.2) is 168 Å². The minimum atomic E-state index is -2.36. The van der Waals surface area contributed by atoms with Crippen molar-refractivity contribution in [2.45, 2.75) is 85.5 Å². The van der Waals surface area contributed by atoms with Crippen LogP contribution in [0.1, 0.15) is 0 Å². The van der Waals surface area contributed by atoms with E-state index in [2.05, 4.69) is 0 Å². The zero-order valence-corrected chi connectivity index (χ0v) is 26.8. The molecule has 22 heteroatoms. The van der Waals surface area contributed by atoms with E-state index in [0.29, 0.717) is 0 Å². The lowest BCUT2D eigenvalue weighted by molar-refractivity contribution is -0.398. The molecule has 0 bridgehead atoms. The van der Waals surface area contributed by atoms with E-state index in [1.54, 1.807) is 0 Å². The van der Waals surface area contributed by atoms with E-state index in [9.17, 15) is 56.2 Å². The number of rotatable bonds is 8. The predicted molar refractivity (Wildman–Crippen MR) is 164 cm³/mol. The van der Waals surface area contributed by atoms with Gasteiger partial charge in [-0.2, -0.15) is 81.0 Å². The first-order valence-electron chi connectivity index (χ1n) is 10.6. The van der Waals surface area contributed by atoms with Crippen LogP contribution in [0.15, 0.2) is 0 Å². The lowest BCUT2D eigenvalue weighted by Gasteiger charge is -2.47. The molecule has 14 atom stereocenters. The minimum absolute atomic E-state index is 0. The van der Waals surface area contributed by atoms with Crippen LogP contribution < -0.4 is 0 Å². The lowest BCUT2D eigenvalue weighted by Crippen LogP contribution is -2.66. The third kappa shape index (κ3) is 9.48. The van der Waals surface area contributed by atoms with Gasteiger partial charge in [-0.15, -0.1) is 0 Å². The average molecular weight is 709 g/mol. The second-order valence-corrected chi connectivity index (χ2v) is 8.37. The van der Waals surface area contributed by atoms with Gasteiger partial charge in [0.25, 0.3) is 0 Å². The van der Waals surface area contributed by atoms with Gasteiger partial charge >= 0.3 is 0 Å². The smallest absolute Gasteiger partial charge is 0.224 e. The van der Waals surface area contributed by atoms with Crippen LogP contribution >= 0.6 is 81.0 Å². The Morgan fingerprint density at radius 1 is 0.525 bits per heavy atom. The van der Waals surface area contributed by atoms with Gasteiger partial charge in [0.2, 0.25) is 5.79 Å². The molecule has 16 nitrogen and oxygen atoms in total.